The lowest BCUT2D eigenvalue weighted by Crippen LogP contribution is -2.24. The molecule has 0 aromatic heterocycles. The number of aliphatic hydroxyl groups is 1. The van der Waals surface area contributed by atoms with E-state index in [1.807, 2.05) is 18.2 Å². The molecule has 0 aliphatic rings. The minimum Gasteiger partial charge on any atom is -0.497 e. The highest BCUT2D eigenvalue weighted by Crippen LogP contribution is 2.23. The van der Waals surface area contributed by atoms with Crippen molar-refractivity contribution >= 4 is 0 Å². The van der Waals surface area contributed by atoms with E-state index in [2.05, 4.69) is 5.32 Å². The van der Waals surface area contributed by atoms with E-state index < -0.39 is 0 Å². The maximum absolute atomic E-state index is 9.14. The maximum atomic E-state index is 9.14. The summed E-state index contributed by atoms with van der Waals surface area (Å²) in [4.78, 5) is 0. The van der Waals surface area contributed by atoms with Gasteiger partial charge in [-0.25, -0.2) is 0 Å². The van der Waals surface area contributed by atoms with Gasteiger partial charge in [0.1, 0.15) is 11.5 Å². The van der Waals surface area contributed by atoms with E-state index in [-0.39, 0.29) is 6.10 Å². The van der Waals surface area contributed by atoms with E-state index in [0.29, 0.717) is 13.1 Å². The molecule has 0 fully saturated rings. The molecule has 4 heteroatoms. The first-order chi connectivity index (χ1) is 7.67. The minimum atomic E-state index is -0.350. The summed E-state index contributed by atoms with van der Waals surface area (Å²) in [6.07, 6.45) is -0.350. The second kappa shape index (κ2) is 6.35. The molecule has 0 radical (unpaired) electrons. The highest BCUT2D eigenvalue weighted by Gasteiger charge is 2.05. The molecule has 16 heavy (non-hydrogen) atoms. The molecular formula is C12H19NO3. The topological polar surface area (TPSA) is 50.7 Å². The first-order valence-corrected chi connectivity index (χ1v) is 5.27. The van der Waals surface area contributed by atoms with Gasteiger partial charge in [0, 0.05) is 18.7 Å². The van der Waals surface area contributed by atoms with Gasteiger partial charge in [-0.15, -0.1) is 0 Å². The van der Waals surface area contributed by atoms with Crippen molar-refractivity contribution in [2.24, 2.45) is 0 Å². The fraction of sp³-hybridized carbons (Fsp3) is 0.500. The van der Waals surface area contributed by atoms with Crippen LogP contribution in [0.1, 0.15) is 12.5 Å². The zero-order valence-electron chi connectivity index (χ0n) is 9.99. The molecule has 0 unspecified atom stereocenters. The lowest BCUT2D eigenvalue weighted by atomic mass is 10.2. The number of hydrogen-bond donors (Lipinski definition) is 2. The van der Waals surface area contributed by atoms with E-state index >= 15 is 0 Å². The van der Waals surface area contributed by atoms with Crippen molar-refractivity contribution in [3.63, 3.8) is 0 Å². The first kappa shape index (κ1) is 12.8. The van der Waals surface area contributed by atoms with Gasteiger partial charge in [0.05, 0.1) is 20.3 Å². The van der Waals surface area contributed by atoms with Crippen LogP contribution in [0.5, 0.6) is 11.5 Å². The van der Waals surface area contributed by atoms with Gasteiger partial charge < -0.3 is 19.9 Å². The van der Waals surface area contributed by atoms with Crippen LogP contribution < -0.4 is 14.8 Å². The maximum Gasteiger partial charge on any atom is 0.123 e. The average molecular weight is 225 g/mol. The van der Waals surface area contributed by atoms with E-state index in [0.717, 1.165) is 17.1 Å². The lowest BCUT2D eigenvalue weighted by molar-refractivity contribution is 0.191. The molecule has 1 rings (SSSR count). The number of benzene rings is 1. The normalized spacial score (nSPS) is 12.2. The summed E-state index contributed by atoms with van der Waals surface area (Å²) in [6.45, 7) is 2.95. The molecule has 2 N–H and O–H groups in total. The summed E-state index contributed by atoms with van der Waals surface area (Å²) in [6, 6.07) is 5.66. The van der Waals surface area contributed by atoms with E-state index in [9.17, 15) is 0 Å². The summed E-state index contributed by atoms with van der Waals surface area (Å²) in [5.74, 6) is 1.62. The van der Waals surface area contributed by atoms with Gasteiger partial charge in [-0.2, -0.15) is 0 Å². The van der Waals surface area contributed by atoms with Crippen molar-refractivity contribution in [1.29, 1.82) is 0 Å². The van der Waals surface area contributed by atoms with Crippen LogP contribution in [0.3, 0.4) is 0 Å². The second-order valence-corrected chi connectivity index (χ2v) is 3.66. The van der Waals surface area contributed by atoms with Crippen LogP contribution in [0.25, 0.3) is 0 Å². The van der Waals surface area contributed by atoms with Gasteiger partial charge in [-0.05, 0) is 25.1 Å². The molecule has 0 spiro atoms. The Morgan fingerprint density at radius 1 is 1.31 bits per heavy atom. The number of nitrogens with one attached hydrogen (secondary N) is 1. The minimum absolute atomic E-state index is 0.350. The van der Waals surface area contributed by atoms with E-state index in [1.54, 1.807) is 21.1 Å². The molecule has 4 nitrogen and oxygen atoms in total. The molecule has 0 saturated heterocycles. The second-order valence-electron chi connectivity index (χ2n) is 3.66. The van der Waals surface area contributed by atoms with E-state index in [1.165, 1.54) is 0 Å². The Morgan fingerprint density at radius 3 is 2.62 bits per heavy atom. The Labute approximate surface area is 96.2 Å². The lowest BCUT2D eigenvalue weighted by Gasteiger charge is -2.12. The largest absolute Gasteiger partial charge is 0.497 e. The molecule has 0 bridgehead atoms. The van der Waals surface area contributed by atoms with Gasteiger partial charge in [-0.3, -0.25) is 0 Å². The fourth-order valence-electron chi connectivity index (χ4n) is 1.44. The van der Waals surface area contributed by atoms with Crippen LogP contribution in [0, 0.1) is 0 Å². The SMILES string of the molecule is COc1ccc(OC)c(CNC[C@@H](C)O)c1. The van der Waals surface area contributed by atoms with Crippen LogP contribution in [0.15, 0.2) is 18.2 Å². The highest BCUT2D eigenvalue weighted by atomic mass is 16.5. The predicted octanol–water partition coefficient (Wildman–Crippen LogP) is 1.17. The number of rotatable bonds is 6. The summed E-state index contributed by atoms with van der Waals surface area (Å²) in [5.41, 5.74) is 1.02. The van der Waals surface area contributed by atoms with Crippen molar-refractivity contribution in [3.8, 4) is 11.5 Å². The first-order valence-electron chi connectivity index (χ1n) is 5.27. The third kappa shape index (κ3) is 3.72. The molecule has 0 saturated carbocycles. The molecule has 0 aliphatic heterocycles. The Kier molecular flexibility index (Phi) is 5.08. The predicted molar refractivity (Wildman–Crippen MR) is 62.9 cm³/mol. The summed E-state index contributed by atoms with van der Waals surface area (Å²) in [7, 11) is 3.27. The van der Waals surface area contributed by atoms with Gasteiger partial charge in [0.15, 0.2) is 0 Å². The van der Waals surface area contributed by atoms with E-state index in [4.69, 9.17) is 14.6 Å². The third-order valence-corrected chi connectivity index (χ3v) is 2.24. The fourth-order valence-corrected chi connectivity index (χ4v) is 1.44. The van der Waals surface area contributed by atoms with Crippen molar-refractivity contribution in [2.45, 2.75) is 19.6 Å². The third-order valence-electron chi connectivity index (χ3n) is 2.24. The van der Waals surface area contributed by atoms with Gasteiger partial charge in [0.25, 0.3) is 0 Å². The molecular weight excluding hydrogens is 206 g/mol. The summed E-state index contributed by atoms with van der Waals surface area (Å²) in [5, 5.41) is 12.3. The summed E-state index contributed by atoms with van der Waals surface area (Å²) >= 11 is 0. The molecule has 0 aliphatic carbocycles. The molecule has 1 aromatic carbocycles. The number of hydrogen-bond acceptors (Lipinski definition) is 4. The van der Waals surface area contributed by atoms with Crippen LogP contribution in [0.2, 0.25) is 0 Å². The quantitative estimate of drug-likeness (QED) is 0.763. The molecule has 90 valence electrons. The zero-order chi connectivity index (χ0) is 12.0. The number of methoxy groups -OCH3 is 2. The monoisotopic (exact) mass is 225 g/mol. The van der Waals surface area contributed by atoms with Crippen LogP contribution in [0.4, 0.5) is 0 Å². The van der Waals surface area contributed by atoms with Crippen molar-refractivity contribution < 1.29 is 14.6 Å². The molecule has 1 atom stereocenters. The van der Waals surface area contributed by atoms with Gasteiger partial charge >= 0.3 is 0 Å². The molecule has 0 heterocycles. The van der Waals surface area contributed by atoms with Gasteiger partial charge in [0.2, 0.25) is 0 Å². The summed E-state index contributed by atoms with van der Waals surface area (Å²) < 4.78 is 10.4. The Bertz CT molecular complexity index is 326. The zero-order valence-corrected chi connectivity index (χ0v) is 9.99. The Morgan fingerprint density at radius 2 is 2.06 bits per heavy atom. The number of aliphatic hydroxyl groups excluding tert-OH is 1. The Hall–Kier alpha value is -1.26. The van der Waals surface area contributed by atoms with Crippen molar-refractivity contribution in [2.75, 3.05) is 20.8 Å². The smallest absolute Gasteiger partial charge is 0.123 e. The van der Waals surface area contributed by atoms with Crippen molar-refractivity contribution in [3.05, 3.63) is 23.8 Å². The highest BCUT2D eigenvalue weighted by molar-refractivity contribution is 5.40. The van der Waals surface area contributed by atoms with Crippen LogP contribution >= 0.6 is 0 Å². The molecule has 0 amide bonds. The van der Waals surface area contributed by atoms with Crippen LogP contribution in [-0.4, -0.2) is 32.0 Å². The standard InChI is InChI=1S/C12H19NO3/c1-9(14)7-13-8-10-6-11(15-2)4-5-12(10)16-3/h4-6,9,13-14H,7-8H2,1-3H3/t9-/m1/s1. The van der Waals surface area contributed by atoms with Gasteiger partial charge in [-0.1, -0.05) is 0 Å². The average Bonchev–Trinajstić information content (AvgIpc) is 2.28. The Balaban J connectivity index is 2.67. The number of ether oxygens (including phenoxy) is 2. The van der Waals surface area contributed by atoms with Crippen LogP contribution in [-0.2, 0) is 6.54 Å². The molecule has 1 aromatic rings. The van der Waals surface area contributed by atoms with Crippen molar-refractivity contribution in [1.82, 2.24) is 5.32 Å².